The van der Waals surface area contributed by atoms with Crippen LogP contribution in [0.5, 0.6) is 0 Å². The molecule has 7 nitrogen and oxygen atoms in total. The van der Waals surface area contributed by atoms with Crippen molar-refractivity contribution in [3.05, 3.63) is 36.7 Å². The topological polar surface area (TPSA) is 104 Å². The van der Waals surface area contributed by atoms with E-state index in [1.54, 1.807) is 38.1 Å². The number of aromatic amines is 1. The Kier molecular flexibility index (Phi) is 4.27. The van der Waals surface area contributed by atoms with E-state index in [2.05, 4.69) is 20.2 Å². The third-order valence-electron chi connectivity index (χ3n) is 2.71. The van der Waals surface area contributed by atoms with Gasteiger partial charge in [0.15, 0.2) is 0 Å². The van der Waals surface area contributed by atoms with Crippen molar-refractivity contribution in [1.82, 2.24) is 10.2 Å². The third kappa shape index (κ3) is 3.82. The number of hydrogen-bond donors (Lipinski definition) is 3. The molecule has 3 N–H and O–H groups in total. The van der Waals surface area contributed by atoms with E-state index in [1.807, 2.05) is 0 Å². The molecule has 0 aliphatic heterocycles. The monoisotopic (exact) mass is 308 g/mol. The van der Waals surface area contributed by atoms with E-state index >= 15 is 0 Å². The van der Waals surface area contributed by atoms with E-state index in [1.165, 1.54) is 12.4 Å². The highest BCUT2D eigenvalue weighted by Gasteiger charge is 2.15. The van der Waals surface area contributed by atoms with Crippen molar-refractivity contribution in [1.29, 1.82) is 0 Å². The van der Waals surface area contributed by atoms with Crippen LogP contribution in [0.4, 0.5) is 11.4 Å². The van der Waals surface area contributed by atoms with Gasteiger partial charge in [0.25, 0.3) is 10.0 Å². The number of H-pyrrole nitrogens is 1. The summed E-state index contributed by atoms with van der Waals surface area (Å²) in [7, 11) is -3.65. The molecule has 1 aromatic heterocycles. The lowest BCUT2D eigenvalue weighted by atomic mass is 10.2. The molecule has 1 aromatic carbocycles. The largest absolute Gasteiger partial charge is 0.326 e. The minimum absolute atomic E-state index is 0.0553. The van der Waals surface area contributed by atoms with Crippen molar-refractivity contribution in [2.45, 2.75) is 18.7 Å². The lowest BCUT2D eigenvalue weighted by Gasteiger charge is -2.09. The number of sulfonamides is 1. The zero-order valence-electron chi connectivity index (χ0n) is 11.6. The molecule has 0 spiro atoms. The third-order valence-corrected chi connectivity index (χ3v) is 4.06. The van der Waals surface area contributed by atoms with Gasteiger partial charge in [-0.2, -0.15) is 5.10 Å². The van der Waals surface area contributed by atoms with Crippen LogP contribution >= 0.6 is 0 Å². The van der Waals surface area contributed by atoms with Crippen LogP contribution in [0.15, 0.2) is 41.6 Å². The van der Waals surface area contributed by atoms with Gasteiger partial charge in [0.1, 0.15) is 4.90 Å². The zero-order valence-corrected chi connectivity index (χ0v) is 12.4. The van der Waals surface area contributed by atoms with Gasteiger partial charge < -0.3 is 5.32 Å². The number of aromatic nitrogens is 2. The number of benzene rings is 1. The van der Waals surface area contributed by atoms with E-state index in [-0.39, 0.29) is 16.7 Å². The Balaban J connectivity index is 2.08. The van der Waals surface area contributed by atoms with E-state index in [4.69, 9.17) is 0 Å². The van der Waals surface area contributed by atoms with Crippen molar-refractivity contribution in [2.75, 3.05) is 10.0 Å². The lowest BCUT2D eigenvalue weighted by molar-refractivity contribution is -0.118. The molecular weight excluding hydrogens is 292 g/mol. The molecule has 0 unspecified atom stereocenters. The number of nitrogens with one attached hydrogen (secondary N) is 3. The lowest BCUT2D eigenvalue weighted by Crippen LogP contribution is -2.17. The SMILES string of the molecule is CC(C)C(=O)Nc1ccc(NS(=O)(=O)c2cn[nH]c2)cc1. The van der Waals surface area contributed by atoms with Gasteiger partial charge in [-0.3, -0.25) is 14.6 Å². The maximum Gasteiger partial charge on any atom is 0.265 e. The van der Waals surface area contributed by atoms with Crippen LogP contribution < -0.4 is 10.0 Å². The molecular formula is C13H16N4O3S. The molecule has 8 heteroatoms. The zero-order chi connectivity index (χ0) is 15.5. The van der Waals surface area contributed by atoms with Crippen molar-refractivity contribution < 1.29 is 13.2 Å². The molecule has 1 amide bonds. The van der Waals surface area contributed by atoms with Crippen LogP contribution in [0.25, 0.3) is 0 Å². The summed E-state index contributed by atoms with van der Waals surface area (Å²) in [5, 5.41) is 8.78. The molecule has 21 heavy (non-hydrogen) atoms. The summed E-state index contributed by atoms with van der Waals surface area (Å²) < 4.78 is 26.4. The van der Waals surface area contributed by atoms with Crippen LogP contribution in [-0.2, 0) is 14.8 Å². The van der Waals surface area contributed by atoms with E-state index in [0.717, 1.165) is 0 Å². The van der Waals surface area contributed by atoms with Gasteiger partial charge in [-0.05, 0) is 24.3 Å². The fourth-order valence-corrected chi connectivity index (χ4v) is 2.47. The Hall–Kier alpha value is -2.35. The minimum atomic E-state index is -3.65. The summed E-state index contributed by atoms with van der Waals surface area (Å²) in [5.41, 5.74) is 1.01. The highest BCUT2D eigenvalue weighted by molar-refractivity contribution is 7.92. The fourth-order valence-electron chi connectivity index (χ4n) is 1.51. The number of hydrogen-bond acceptors (Lipinski definition) is 4. The summed E-state index contributed by atoms with van der Waals surface area (Å²) in [5.74, 6) is -0.217. The molecule has 0 saturated heterocycles. The second-order valence-electron chi connectivity index (χ2n) is 4.76. The fraction of sp³-hybridized carbons (Fsp3) is 0.231. The van der Waals surface area contributed by atoms with Crippen LogP contribution in [0.2, 0.25) is 0 Å². The van der Waals surface area contributed by atoms with Gasteiger partial charge in [0.2, 0.25) is 5.91 Å². The van der Waals surface area contributed by atoms with Crippen molar-refractivity contribution in [3.8, 4) is 0 Å². The molecule has 0 aliphatic carbocycles. The minimum Gasteiger partial charge on any atom is -0.326 e. The maximum absolute atomic E-state index is 12.0. The van der Waals surface area contributed by atoms with Gasteiger partial charge in [0, 0.05) is 23.5 Å². The smallest absolute Gasteiger partial charge is 0.265 e. The molecule has 112 valence electrons. The highest BCUT2D eigenvalue weighted by Crippen LogP contribution is 2.18. The van der Waals surface area contributed by atoms with E-state index in [9.17, 15) is 13.2 Å². The Morgan fingerprint density at radius 2 is 1.81 bits per heavy atom. The van der Waals surface area contributed by atoms with Gasteiger partial charge in [0.05, 0.1) is 6.20 Å². The summed E-state index contributed by atoms with van der Waals surface area (Å²) in [4.78, 5) is 11.6. The van der Waals surface area contributed by atoms with Crippen molar-refractivity contribution >= 4 is 27.3 Å². The Labute approximate surface area is 122 Å². The summed E-state index contributed by atoms with van der Waals surface area (Å²) in [6.07, 6.45) is 2.51. The van der Waals surface area contributed by atoms with Crippen LogP contribution in [0, 0.1) is 5.92 Å². The number of amides is 1. The second kappa shape index (κ2) is 5.96. The maximum atomic E-state index is 12.0. The first-order valence-electron chi connectivity index (χ1n) is 6.31. The van der Waals surface area contributed by atoms with Crippen LogP contribution in [-0.4, -0.2) is 24.5 Å². The van der Waals surface area contributed by atoms with Gasteiger partial charge in [-0.25, -0.2) is 8.42 Å². The molecule has 0 saturated carbocycles. The number of carbonyl (C=O) groups is 1. The van der Waals surface area contributed by atoms with Crippen LogP contribution in [0.1, 0.15) is 13.8 Å². The van der Waals surface area contributed by atoms with E-state index < -0.39 is 10.0 Å². The summed E-state index contributed by atoms with van der Waals surface area (Å²) >= 11 is 0. The Morgan fingerprint density at radius 3 is 2.33 bits per heavy atom. The average Bonchev–Trinajstić information content (AvgIpc) is 2.95. The Morgan fingerprint density at radius 1 is 1.19 bits per heavy atom. The molecule has 0 fully saturated rings. The predicted molar refractivity (Wildman–Crippen MR) is 79.3 cm³/mol. The first-order valence-corrected chi connectivity index (χ1v) is 7.79. The number of nitrogens with zero attached hydrogens (tertiary/aromatic N) is 1. The van der Waals surface area contributed by atoms with Gasteiger partial charge >= 0.3 is 0 Å². The molecule has 2 aromatic rings. The van der Waals surface area contributed by atoms with Gasteiger partial charge in [-0.1, -0.05) is 13.8 Å². The first kappa shape index (κ1) is 15.0. The summed E-state index contributed by atoms with van der Waals surface area (Å²) in [6.45, 7) is 3.59. The normalized spacial score (nSPS) is 11.4. The molecule has 2 rings (SSSR count). The van der Waals surface area contributed by atoms with Crippen molar-refractivity contribution in [2.24, 2.45) is 5.92 Å². The number of carbonyl (C=O) groups excluding carboxylic acids is 1. The second-order valence-corrected chi connectivity index (χ2v) is 6.44. The van der Waals surface area contributed by atoms with Crippen LogP contribution in [0.3, 0.4) is 0 Å². The Bertz CT molecular complexity index is 706. The predicted octanol–water partition coefficient (Wildman–Crippen LogP) is 1.80. The highest BCUT2D eigenvalue weighted by atomic mass is 32.2. The first-order chi connectivity index (χ1) is 9.88. The summed E-state index contributed by atoms with van der Waals surface area (Å²) in [6, 6.07) is 6.42. The molecule has 0 radical (unpaired) electrons. The number of rotatable bonds is 5. The molecule has 1 heterocycles. The molecule has 0 aliphatic rings. The van der Waals surface area contributed by atoms with Crippen molar-refractivity contribution in [3.63, 3.8) is 0 Å². The molecule has 0 atom stereocenters. The average molecular weight is 308 g/mol. The van der Waals surface area contributed by atoms with Gasteiger partial charge in [-0.15, -0.1) is 0 Å². The quantitative estimate of drug-likeness (QED) is 0.783. The number of anilines is 2. The van der Waals surface area contributed by atoms with E-state index in [0.29, 0.717) is 11.4 Å². The molecule has 0 bridgehead atoms. The standard InChI is InChI=1S/C13H16N4O3S/c1-9(2)13(18)16-10-3-5-11(6-4-10)17-21(19,20)12-7-14-15-8-12/h3-9,17H,1-2H3,(H,14,15)(H,16,18).